The lowest BCUT2D eigenvalue weighted by atomic mass is 9.75. The SMILES string of the molecule is CCCCCCCCOc1ccc(/C=C/[C@@]23NC(=O)CN2c2ccccc2C3(C)C)cc1OC. The Bertz CT molecular complexity index is 1050. The normalized spacial score (nSPS) is 20.4. The standard InChI is InChI=1S/C29H38N2O3/c1-5-6-7-8-9-12-19-34-25-16-15-22(20-26(25)33-4)17-18-29-28(2,3)23-13-10-11-14-24(23)31(29)21-27(32)30-29/h10-11,13-18,20H,5-9,12,19,21H2,1-4H3,(H,30,32)/b18-17+/t29-/m1/s1. The van der Waals surface area contributed by atoms with E-state index < -0.39 is 5.66 Å². The van der Waals surface area contributed by atoms with Gasteiger partial charge < -0.3 is 19.7 Å². The van der Waals surface area contributed by atoms with Crippen LogP contribution in [0.1, 0.15) is 70.4 Å². The zero-order valence-electron chi connectivity index (χ0n) is 21.0. The highest BCUT2D eigenvalue weighted by atomic mass is 16.5. The minimum atomic E-state index is -0.603. The van der Waals surface area contributed by atoms with Gasteiger partial charge in [-0.05, 0) is 41.8 Å². The van der Waals surface area contributed by atoms with E-state index in [1.807, 2.05) is 24.3 Å². The lowest BCUT2D eigenvalue weighted by Gasteiger charge is -2.40. The number of carbonyl (C=O) groups is 1. The maximum absolute atomic E-state index is 12.5. The molecule has 1 saturated heterocycles. The van der Waals surface area contributed by atoms with E-state index in [9.17, 15) is 4.79 Å². The van der Waals surface area contributed by atoms with Gasteiger partial charge in [0.15, 0.2) is 11.5 Å². The van der Waals surface area contributed by atoms with Crippen LogP contribution in [0.3, 0.4) is 0 Å². The lowest BCUT2D eigenvalue weighted by Crippen LogP contribution is -2.58. The number of carbonyl (C=O) groups excluding carboxylic acids is 1. The van der Waals surface area contributed by atoms with Crippen molar-refractivity contribution in [3.8, 4) is 11.5 Å². The summed E-state index contributed by atoms with van der Waals surface area (Å²) >= 11 is 0. The minimum absolute atomic E-state index is 0.0447. The predicted octanol–water partition coefficient (Wildman–Crippen LogP) is 6.07. The number of hydrogen-bond acceptors (Lipinski definition) is 4. The number of nitrogens with one attached hydrogen (secondary N) is 1. The zero-order valence-corrected chi connectivity index (χ0v) is 21.0. The molecule has 5 nitrogen and oxygen atoms in total. The molecule has 1 amide bonds. The third-order valence-corrected chi connectivity index (χ3v) is 7.34. The van der Waals surface area contributed by atoms with Crippen LogP contribution in [0, 0.1) is 0 Å². The summed E-state index contributed by atoms with van der Waals surface area (Å²) in [5, 5.41) is 3.27. The second-order valence-corrected chi connectivity index (χ2v) is 9.90. The van der Waals surface area contributed by atoms with Crippen LogP contribution in [0.4, 0.5) is 5.69 Å². The molecule has 0 radical (unpaired) electrons. The first kappa shape index (κ1) is 24.2. The summed E-state index contributed by atoms with van der Waals surface area (Å²) in [6, 6.07) is 14.4. The number of fused-ring (bicyclic) bond motifs is 3. The van der Waals surface area contributed by atoms with Gasteiger partial charge in [-0.25, -0.2) is 0 Å². The molecule has 1 N–H and O–H groups in total. The van der Waals surface area contributed by atoms with Gasteiger partial charge in [0.05, 0.1) is 20.3 Å². The van der Waals surface area contributed by atoms with Crippen LogP contribution in [-0.2, 0) is 10.2 Å². The van der Waals surface area contributed by atoms with Gasteiger partial charge in [0.2, 0.25) is 5.91 Å². The smallest absolute Gasteiger partial charge is 0.241 e. The van der Waals surface area contributed by atoms with E-state index >= 15 is 0 Å². The topological polar surface area (TPSA) is 50.8 Å². The first-order valence-corrected chi connectivity index (χ1v) is 12.6. The number of ether oxygens (including phenoxy) is 2. The molecule has 2 aromatic rings. The van der Waals surface area contributed by atoms with E-state index in [1.54, 1.807) is 7.11 Å². The van der Waals surface area contributed by atoms with Crippen molar-refractivity contribution in [2.75, 3.05) is 25.2 Å². The van der Waals surface area contributed by atoms with Gasteiger partial charge in [0.1, 0.15) is 5.66 Å². The van der Waals surface area contributed by atoms with E-state index in [1.165, 1.54) is 37.7 Å². The number of unbranched alkanes of at least 4 members (excludes halogenated alkanes) is 5. The molecule has 182 valence electrons. The van der Waals surface area contributed by atoms with Gasteiger partial charge in [-0.3, -0.25) is 4.79 Å². The Morgan fingerprint density at radius 2 is 1.79 bits per heavy atom. The molecule has 2 heterocycles. The van der Waals surface area contributed by atoms with Crippen molar-refractivity contribution < 1.29 is 14.3 Å². The molecule has 2 aliphatic heterocycles. The Hall–Kier alpha value is -2.95. The molecule has 34 heavy (non-hydrogen) atoms. The molecule has 4 rings (SSSR count). The molecule has 2 aromatic carbocycles. The average molecular weight is 463 g/mol. The second-order valence-electron chi connectivity index (χ2n) is 9.90. The Balaban J connectivity index is 1.48. The van der Waals surface area contributed by atoms with Crippen LogP contribution in [0.15, 0.2) is 48.5 Å². The molecule has 0 bridgehead atoms. The van der Waals surface area contributed by atoms with Crippen molar-refractivity contribution in [2.45, 2.75) is 70.4 Å². The highest BCUT2D eigenvalue weighted by molar-refractivity contribution is 5.91. The quantitative estimate of drug-likeness (QED) is 0.412. The van der Waals surface area contributed by atoms with E-state index in [4.69, 9.17) is 9.47 Å². The number of anilines is 1. The third kappa shape index (κ3) is 4.40. The number of hydrogen-bond donors (Lipinski definition) is 1. The maximum Gasteiger partial charge on any atom is 0.241 e. The van der Waals surface area contributed by atoms with Crippen LogP contribution >= 0.6 is 0 Å². The Kier molecular flexibility index (Phi) is 7.20. The summed E-state index contributed by atoms with van der Waals surface area (Å²) in [6.07, 6.45) is 11.6. The van der Waals surface area contributed by atoms with Crippen LogP contribution in [0.2, 0.25) is 0 Å². The van der Waals surface area contributed by atoms with E-state index in [2.05, 4.69) is 61.3 Å². The molecule has 0 aliphatic carbocycles. The number of amides is 1. The molecule has 0 aromatic heterocycles. The molecule has 2 aliphatic rings. The van der Waals surface area contributed by atoms with Gasteiger partial charge in [-0.2, -0.15) is 0 Å². The van der Waals surface area contributed by atoms with Crippen LogP contribution in [-0.4, -0.2) is 31.8 Å². The summed E-state index contributed by atoms with van der Waals surface area (Å²) in [4.78, 5) is 14.7. The van der Waals surface area contributed by atoms with Crippen LogP contribution in [0.25, 0.3) is 6.08 Å². The van der Waals surface area contributed by atoms with Gasteiger partial charge in [0.25, 0.3) is 0 Å². The summed E-state index contributed by atoms with van der Waals surface area (Å²) in [5.74, 6) is 1.55. The van der Waals surface area contributed by atoms with Crippen molar-refractivity contribution in [3.63, 3.8) is 0 Å². The lowest BCUT2D eigenvalue weighted by molar-refractivity contribution is -0.118. The predicted molar refractivity (Wildman–Crippen MR) is 139 cm³/mol. The summed E-state index contributed by atoms with van der Waals surface area (Å²) in [7, 11) is 1.68. The second kappa shape index (κ2) is 10.1. The fraction of sp³-hybridized carbons (Fsp3) is 0.483. The first-order valence-electron chi connectivity index (χ1n) is 12.6. The van der Waals surface area contributed by atoms with E-state index in [0.717, 1.165) is 29.2 Å². The van der Waals surface area contributed by atoms with Crippen molar-refractivity contribution in [2.24, 2.45) is 0 Å². The monoisotopic (exact) mass is 462 g/mol. The molecule has 1 fully saturated rings. The van der Waals surface area contributed by atoms with Crippen molar-refractivity contribution >= 4 is 17.7 Å². The highest BCUT2D eigenvalue weighted by Crippen LogP contribution is 2.52. The Morgan fingerprint density at radius 1 is 1.03 bits per heavy atom. The largest absolute Gasteiger partial charge is 0.493 e. The van der Waals surface area contributed by atoms with E-state index in [-0.39, 0.29) is 11.3 Å². The number of methoxy groups -OCH3 is 1. The minimum Gasteiger partial charge on any atom is -0.493 e. The highest BCUT2D eigenvalue weighted by Gasteiger charge is 2.59. The van der Waals surface area contributed by atoms with Crippen molar-refractivity contribution in [3.05, 3.63) is 59.7 Å². The number of benzene rings is 2. The van der Waals surface area contributed by atoms with Crippen molar-refractivity contribution in [1.82, 2.24) is 5.32 Å². The van der Waals surface area contributed by atoms with Gasteiger partial charge in [-0.1, -0.05) is 83.2 Å². The van der Waals surface area contributed by atoms with Gasteiger partial charge in [0, 0.05) is 11.1 Å². The summed E-state index contributed by atoms with van der Waals surface area (Å²) in [6.45, 7) is 7.69. The fourth-order valence-electron chi connectivity index (χ4n) is 5.33. The molecule has 0 saturated carbocycles. The summed E-state index contributed by atoms with van der Waals surface area (Å²) < 4.78 is 11.6. The van der Waals surface area contributed by atoms with E-state index in [0.29, 0.717) is 13.2 Å². The zero-order chi connectivity index (χ0) is 24.2. The van der Waals surface area contributed by atoms with Crippen LogP contribution < -0.4 is 19.7 Å². The summed E-state index contributed by atoms with van der Waals surface area (Å²) in [5.41, 5.74) is 2.48. The van der Waals surface area contributed by atoms with Gasteiger partial charge in [-0.15, -0.1) is 0 Å². The number of rotatable bonds is 11. The van der Waals surface area contributed by atoms with Crippen molar-refractivity contribution in [1.29, 1.82) is 0 Å². The molecule has 1 atom stereocenters. The first-order chi connectivity index (χ1) is 16.4. The molecule has 0 spiro atoms. The maximum atomic E-state index is 12.5. The number of para-hydroxylation sites is 1. The molecular weight excluding hydrogens is 424 g/mol. The molecule has 0 unspecified atom stereocenters. The number of nitrogens with zero attached hydrogens (tertiary/aromatic N) is 1. The molecular formula is C29H38N2O3. The molecule has 5 heteroatoms. The Labute approximate surface area is 204 Å². The third-order valence-electron chi connectivity index (χ3n) is 7.34. The average Bonchev–Trinajstić information content (AvgIpc) is 3.27. The Morgan fingerprint density at radius 3 is 2.59 bits per heavy atom. The van der Waals surface area contributed by atoms with Gasteiger partial charge >= 0.3 is 0 Å². The fourth-order valence-corrected chi connectivity index (χ4v) is 5.33. The van der Waals surface area contributed by atoms with Crippen LogP contribution in [0.5, 0.6) is 11.5 Å².